The topological polar surface area (TPSA) is 55.9 Å². The summed E-state index contributed by atoms with van der Waals surface area (Å²) in [6.45, 7) is 5.78. The molecule has 0 amide bonds. The average molecular weight is 256 g/mol. The van der Waals surface area contributed by atoms with Gasteiger partial charge in [0.15, 0.2) is 0 Å². The van der Waals surface area contributed by atoms with Crippen LogP contribution in [0.25, 0.3) is 0 Å². The quantitative estimate of drug-likeness (QED) is 0.609. The summed E-state index contributed by atoms with van der Waals surface area (Å²) in [6.07, 6.45) is -0.136. The van der Waals surface area contributed by atoms with Gasteiger partial charge in [0, 0.05) is 0 Å². The van der Waals surface area contributed by atoms with Crippen molar-refractivity contribution in [1.82, 2.24) is 0 Å². The van der Waals surface area contributed by atoms with Gasteiger partial charge in [0.05, 0.1) is 17.1 Å². The van der Waals surface area contributed by atoms with E-state index in [-0.39, 0.29) is 23.2 Å². The van der Waals surface area contributed by atoms with E-state index in [4.69, 9.17) is 8.92 Å². The van der Waals surface area contributed by atoms with Gasteiger partial charge in [-0.1, -0.05) is 17.7 Å². The highest BCUT2D eigenvalue weighted by Crippen LogP contribution is 2.35. The first-order chi connectivity index (χ1) is 7.81. The largest absolute Gasteiger partial charge is 0.364 e. The van der Waals surface area contributed by atoms with E-state index in [2.05, 4.69) is 0 Å². The van der Waals surface area contributed by atoms with E-state index in [1.807, 2.05) is 20.8 Å². The third kappa shape index (κ3) is 2.86. The third-order valence-corrected chi connectivity index (χ3v) is 4.14. The molecule has 0 bridgehead atoms. The molecule has 94 valence electrons. The monoisotopic (exact) mass is 256 g/mol. The van der Waals surface area contributed by atoms with E-state index in [1.165, 1.54) is 0 Å². The van der Waals surface area contributed by atoms with Crippen molar-refractivity contribution in [1.29, 1.82) is 0 Å². The molecule has 0 spiro atoms. The van der Waals surface area contributed by atoms with Crippen molar-refractivity contribution in [3.05, 3.63) is 29.8 Å². The van der Waals surface area contributed by atoms with Crippen LogP contribution in [0.3, 0.4) is 0 Å². The van der Waals surface area contributed by atoms with Gasteiger partial charge in [-0.25, -0.2) is 0 Å². The number of hydrogen-bond acceptors (Lipinski definition) is 4. The summed E-state index contributed by atoms with van der Waals surface area (Å²) < 4.78 is 33.8. The van der Waals surface area contributed by atoms with Crippen molar-refractivity contribution >= 4 is 10.1 Å². The Hall–Kier alpha value is -0.910. The smallest absolute Gasteiger partial charge is 0.297 e. The van der Waals surface area contributed by atoms with E-state index in [1.54, 1.807) is 24.3 Å². The highest BCUT2D eigenvalue weighted by molar-refractivity contribution is 7.86. The fourth-order valence-corrected chi connectivity index (χ4v) is 2.40. The van der Waals surface area contributed by atoms with Gasteiger partial charge in [0.2, 0.25) is 0 Å². The lowest BCUT2D eigenvalue weighted by Gasteiger charge is -2.04. The number of ether oxygens (including phenoxy) is 1. The molecule has 1 heterocycles. The van der Waals surface area contributed by atoms with Gasteiger partial charge < -0.3 is 4.74 Å². The van der Waals surface area contributed by atoms with Gasteiger partial charge in [0.25, 0.3) is 10.1 Å². The Kier molecular flexibility index (Phi) is 3.01. The van der Waals surface area contributed by atoms with Gasteiger partial charge in [-0.3, -0.25) is 4.18 Å². The number of hydrogen-bond donors (Lipinski definition) is 0. The summed E-state index contributed by atoms with van der Waals surface area (Å²) in [6, 6.07) is 6.58. The van der Waals surface area contributed by atoms with E-state index in [0.717, 1.165) is 5.56 Å². The molecule has 1 aliphatic rings. The minimum absolute atomic E-state index is 0.0726. The number of rotatable bonds is 4. The molecule has 17 heavy (non-hydrogen) atoms. The molecule has 1 aromatic carbocycles. The number of epoxide rings is 1. The Morgan fingerprint density at radius 1 is 1.29 bits per heavy atom. The minimum Gasteiger partial charge on any atom is -0.364 e. The normalized spacial score (nSPS) is 22.4. The lowest BCUT2D eigenvalue weighted by Crippen LogP contribution is -2.15. The Morgan fingerprint density at radius 3 is 2.29 bits per heavy atom. The molecular weight excluding hydrogens is 240 g/mol. The Balaban J connectivity index is 2.02. The standard InChI is InChI=1S/C12H16O4S/c1-9-4-6-10(7-5-9)17(13,14)15-8-11-12(2,3)16-11/h4-7,11H,8H2,1-3H3/t11-/m1/s1. The first-order valence-corrected chi connectivity index (χ1v) is 6.86. The molecule has 1 aliphatic heterocycles. The van der Waals surface area contributed by atoms with Crippen molar-refractivity contribution in [2.75, 3.05) is 6.61 Å². The van der Waals surface area contributed by atoms with Crippen LogP contribution in [0, 0.1) is 6.92 Å². The average Bonchev–Trinajstić information content (AvgIpc) is 2.85. The van der Waals surface area contributed by atoms with Crippen LogP contribution in [-0.4, -0.2) is 26.7 Å². The first kappa shape index (κ1) is 12.5. The van der Waals surface area contributed by atoms with E-state index in [0.29, 0.717) is 0 Å². The predicted octanol–water partition coefficient (Wildman–Crippen LogP) is 1.88. The lowest BCUT2D eigenvalue weighted by molar-refractivity contribution is 0.257. The van der Waals surface area contributed by atoms with Gasteiger partial charge in [-0.2, -0.15) is 8.42 Å². The number of benzene rings is 1. The third-order valence-electron chi connectivity index (χ3n) is 2.85. The second-order valence-corrected chi connectivity index (χ2v) is 6.38. The highest BCUT2D eigenvalue weighted by Gasteiger charge is 2.48. The van der Waals surface area contributed by atoms with E-state index < -0.39 is 10.1 Å². The molecule has 1 atom stereocenters. The van der Waals surface area contributed by atoms with Crippen LogP contribution in [0.15, 0.2) is 29.2 Å². The van der Waals surface area contributed by atoms with Crippen LogP contribution in [0.1, 0.15) is 19.4 Å². The first-order valence-electron chi connectivity index (χ1n) is 5.45. The molecule has 0 radical (unpaired) electrons. The molecule has 5 heteroatoms. The van der Waals surface area contributed by atoms with Gasteiger partial charge >= 0.3 is 0 Å². The SMILES string of the molecule is Cc1ccc(S(=O)(=O)OC[C@H]2OC2(C)C)cc1. The zero-order valence-electron chi connectivity index (χ0n) is 10.1. The Bertz CT molecular complexity index is 502. The van der Waals surface area contributed by atoms with Crippen molar-refractivity contribution in [2.45, 2.75) is 37.4 Å². The van der Waals surface area contributed by atoms with Crippen LogP contribution in [0.5, 0.6) is 0 Å². The fourth-order valence-electron chi connectivity index (χ4n) is 1.49. The maximum atomic E-state index is 11.8. The second-order valence-electron chi connectivity index (χ2n) is 4.76. The van der Waals surface area contributed by atoms with Gasteiger partial charge in [-0.05, 0) is 32.9 Å². The van der Waals surface area contributed by atoms with Crippen LogP contribution in [-0.2, 0) is 19.0 Å². The highest BCUT2D eigenvalue weighted by atomic mass is 32.2. The van der Waals surface area contributed by atoms with Crippen molar-refractivity contribution in [3.63, 3.8) is 0 Å². The lowest BCUT2D eigenvalue weighted by atomic mass is 10.1. The second kappa shape index (κ2) is 4.08. The fraction of sp³-hybridized carbons (Fsp3) is 0.500. The molecule has 0 saturated carbocycles. The summed E-state index contributed by atoms with van der Waals surface area (Å²) in [7, 11) is -3.66. The minimum atomic E-state index is -3.66. The number of aryl methyl sites for hydroxylation is 1. The molecule has 1 fully saturated rings. The van der Waals surface area contributed by atoms with E-state index in [9.17, 15) is 8.42 Å². The van der Waals surface area contributed by atoms with Crippen LogP contribution in [0.2, 0.25) is 0 Å². The van der Waals surface area contributed by atoms with E-state index >= 15 is 0 Å². The predicted molar refractivity (Wildman–Crippen MR) is 63.3 cm³/mol. The zero-order valence-corrected chi connectivity index (χ0v) is 11.0. The zero-order chi connectivity index (χ0) is 12.7. The summed E-state index contributed by atoms with van der Waals surface area (Å²) in [5.74, 6) is 0. The molecule has 0 unspecified atom stereocenters. The summed E-state index contributed by atoms with van der Waals surface area (Å²) in [4.78, 5) is 0.182. The molecule has 0 aromatic heterocycles. The molecule has 1 saturated heterocycles. The van der Waals surface area contributed by atoms with Crippen molar-refractivity contribution in [3.8, 4) is 0 Å². The summed E-state index contributed by atoms with van der Waals surface area (Å²) in [5.41, 5.74) is 0.749. The Morgan fingerprint density at radius 2 is 1.82 bits per heavy atom. The van der Waals surface area contributed by atoms with Crippen molar-refractivity contribution in [2.24, 2.45) is 0 Å². The summed E-state index contributed by atoms with van der Waals surface area (Å²) in [5, 5.41) is 0. The van der Waals surface area contributed by atoms with Crippen LogP contribution < -0.4 is 0 Å². The molecule has 4 nitrogen and oxygen atoms in total. The molecular formula is C12H16O4S. The molecule has 0 N–H and O–H groups in total. The van der Waals surface area contributed by atoms with Crippen LogP contribution >= 0.6 is 0 Å². The van der Waals surface area contributed by atoms with Gasteiger partial charge in [-0.15, -0.1) is 0 Å². The molecule has 2 rings (SSSR count). The van der Waals surface area contributed by atoms with Crippen molar-refractivity contribution < 1.29 is 17.3 Å². The maximum absolute atomic E-state index is 11.8. The summed E-state index contributed by atoms with van der Waals surface area (Å²) >= 11 is 0. The maximum Gasteiger partial charge on any atom is 0.297 e. The molecule has 1 aromatic rings. The molecule has 0 aliphatic carbocycles. The van der Waals surface area contributed by atoms with Crippen LogP contribution in [0.4, 0.5) is 0 Å². The van der Waals surface area contributed by atoms with Gasteiger partial charge in [0.1, 0.15) is 6.10 Å². The Labute approximate surface area is 102 Å².